The molecule has 0 aliphatic carbocycles. The van der Waals surface area contributed by atoms with Gasteiger partial charge in [-0.2, -0.15) is 5.10 Å². The minimum Gasteiger partial charge on any atom is -0.298 e. The van der Waals surface area contributed by atoms with Crippen LogP contribution in [-0.4, -0.2) is 16.1 Å². The van der Waals surface area contributed by atoms with Crippen LogP contribution in [0.3, 0.4) is 0 Å². The first kappa shape index (κ1) is 11.1. The Bertz CT molecular complexity index is 523. The van der Waals surface area contributed by atoms with Crippen LogP contribution in [0.5, 0.6) is 0 Å². The molecule has 3 nitrogen and oxygen atoms in total. The van der Waals surface area contributed by atoms with Crippen LogP contribution < -0.4 is 0 Å². The fraction of sp³-hybridized carbons (Fsp3) is 0.167. The van der Waals surface area contributed by atoms with E-state index in [1.807, 2.05) is 26.0 Å². The minimum atomic E-state index is 0.585. The molecule has 16 heavy (non-hydrogen) atoms. The van der Waals surface area contributed by atoms with E-state index in [0.29, 0.717) is 5.56 Å². The van der Waals surface area contributed by atoms with Crippen molar-refractivity contribution in [3.05, 3.63) is 45.7 Å². The van der Waals surface area contributed by atoms with Crippen molar-refractivity contribution in [1.82, 2.24) is 9.78 Å². The highest BCUT2D eigenvalue weighted by atomic mass is 79.9. The maximum absolute atomic E-state index is 10.6. The second-order valence-electron chi connectivity index (χ2n) is 3.72. The molecular formula is C12H11BrN2O. The van der Waals surface area contributed by atoms with Crippen molar-refractivity contribution in [3.63, 3.8) is 0 Å². The third-order valence-corrected chi connectivity index (χ3v) is 2.88. The molecule has 82 valence electrons. The summed E-state index contributed by atoms with van der Waals surface area (Å²) in [6, 6.07) is 4.06. The van der Waals surface area contributed by atoms with Gasteiger partial charge < -0.3 is 0 Å². The fourth-order valence-electron chi connectivity index (χ4n) is 1.78. The first-order chi connectivity index (χ1) is 7.61. The molecule has 1 aromatic carbocycles. The number of carbonyl (C=O) groups is 1. The van der Waals surface area contributed by atoms with Gasteiger partial charge in [0.2, 0.25) is 0 Å². The molecule has 0 aliphatic heterocycles. The monoisotopic (exact) mass is 278 g/mol. The normalized spacial score (nSPS) is 10.4. The van der Waals surface area contributed by atoms with Gasteiger partial charge in [0.1, 0.15) is 0 Å². The van der Waals surface area contributed by atoms with Crippen LogP contribution in [0.25, 0.3) is 5.69 Å². The van der Waals surface area contributed by atoms with Crippen molar-refractivity contribution in [2.45, 2.75) is 13.8 Å². The topological polar surface area (TPSA) is 34.9 Å². The highest BCUT2D eigenvalue weighted by Crippen LogP contribution is 2.23. The molecule has 0 atom stereocenters. The molecule has 0 saturated heterocycles. The first-order valence-electron chi connectivity index (χ1n) is 4.89. The van der Waals surface area contributed by atoms with Crippen LogP contribution in [0.15, 0.2) is 29.0 Å². The van der Waals surface area contributed by atoms with Gasteiger partial charge in [0.05, 0.1) is 17.4 Å². The summed E-state index contributed by atoms with van der Waals surface area (Å²) < 4.78 is 2.79. The summed E-state index contributed by atoms with van der Waals surface area (Å²) in [6.07, 6.45) is 4.09. The van der Waals surface area contributed by atoms with Gasteiger partial charge in [-0.3, -0.25) is 4.79 Å². The molecule has 0 N–H and O–H groups in total. The zero-order chi connectivity index (χ0) is 11.7. The summed E-state index contributed by atoms with van der Waals surface area (Å²) >= 11 is 3.45. The largest absolute Gasteiger partial charge is 0.298 e. The molecule has 1 heterocycles. The van der Waals surface area contributed by atoms with E-state index in [1.54, 1.807) is 17.1 Å². The van der Waals surface area contributed by atoms with E-state index in [4.69, 9.17) is 0 Å². The van der Waals surface area contributed by atoms with Gasteiger partial charge in [-0.05, 0) is 37.1 Å². The van der Waals surface area contributed by atoms with Crippen molar-refractivity contribution in [2.24, 2.45) is 0 Å². The summed E-state index contributed by atoms with van der Waals surface area (Å²) in [6.45, 7) is 4.05. The molecule has 2 rings (SSSR count). The molecule has 0 amide bonds. The molecule has 0 fully saturated rings. The van der Waals surface area contributed by atoms with Gasteiger partial charge in [-0.1, -0.05) is 15.9 Å². The van der Waals surface area contributed by atoms with Gasteiger partial charge in [-0.25, -0.2) is 4.68 Å². The van der Waals surface area contributed by atoms with Gasteiger partial charge in [0, 0.05) is 10.7 Å². The molecule has 0 spiro atoms. The summed E-state index contributed by atoms with van der Waals surface area (Å²) in [4.78, 5) is 10.6. The lowest BCUT2D eigenvalue weighted by molar-refractivity contribution is 0.112. The van der Waals surface area contributed by atoms with E-state index in [0.717, 1.165) is 27.6 Å². The van der Waals surface area contributed by atoms with Gasteiger partial charge in [0.15, 0.2) is 6.29 Å². The van der Waals surface area contributed by atoms with Crippen molar-refractivity contribution in [1.29, 1.82) is 0 Å². The van der Waals surface area contributed by atoms with Crippen molar-refractivity contribution < 1.29 is 4.79 Å². The van der Waals surface area contributed by atoms with E-state index in [1.165, 1.54) is 0 Å². The number of hydrogen-bond donors (Lipinski definition) is 0. The lowest BCUT2D eigenvalue weighted by Gasteiger charge is -2.10. The highest BCUT2D eigenvalue weighted by Gasteiger charge is 2.07. The predicted molar refractivity (Wildman–Crippen MR) is 66.1 cm³/mol. The van der Waals surface area contributed by atoms with Crippen LogP contribution >= 0.6 is 15.9 Å². The number of aromatic nitrogens is 2. The Morgan fingerprint density at radius 3 is 2.44 bits per heavy atom. The zero-order valence-electron chi connectivity index (χ0n) is 9.07. The maximum atomic E-state index is 10.6. The van der Waals surface area contributed by atoms with Gasteiger partial charge in [-0.15, -0.1) is 0 Å². The maximum Gasteiger partial charge on any atom is 0.153 e. The second kappa shape index (κ2) is 4.22. The molecule has 0 radical (unpaired) electrons. The molecular weight excluding hydrogens is 268 g/mol. The third-order valence-electron chi connectivity index (χ3n) is 2.42. The Morgan fingerprint density at radius 2 is 1.94 bits per heavy atom. The second-order valence-corrected chi connectivity index (χ2v) is 4.64. The van der Waals surface area contributed by atoms with Crippen LogP contribution in [0, 0.1) is 13.8 Å². The van der Waals surface area contributed by atoms with E-state index >= 15 is 0 Å². The number of carbonyl (C=O) groups excluding carboxylic acids is 1. The Balaban J connectivity index is 2.59. The van der Waals surface area contributed by atoms with Crippen LogP contribution in [-0.2, 0) is 0 Å². The van der Waals surface area contributed by atoms with E-state index < -0.39 is 0 Å². The number of aldehydes is 1. The quantitative estimate of drug-likeness (QED) is 0.792. The van der Waals surface area contributed by atoms with E-state index in [2.05, 4.69) is 21.0 Å². The number of rotatable bonds is 2. The van der Waals surface area contributed by atoms with Crippen molar-refractivity contribution >= 4 is 22.2 Å². The number of halogens is 1. The summed E-state index contributed by atoms with van der Waals surface area (Å²) in [5, 5.41) is 4.18. The Hall–Kier alpha value is -1.42. The molecule has 4 heteroatoms. The molecule has 1 aromatic heterocycles. The average molecular weight is 279 g/mol. The Morgan fingerprint density at radius 1 is 1.31 bits per heavy atom. The molecule has 0 bridgehead atoms. The zero-order valence-corrected chi connectivity index (χ0v) is 10.7. The average Bonchev–Trinajstić information content (AvgIpc) is 2.64. The highest BCUT2D eigenvalue weighted by molar-refractivity contribution is 9.10. The number of aryl methyl sites for hydroxylation is 2. The lowest BCUT2D eigenvalue weighted by atomic mass is 10.1. The molecule has 2 aromatic rings. The smallest absolute Gasteiger partial charge is 0.153 e. The summed E-state index contributed by atoms with van der Waals surface area (Å²) in [7, 11) is 0. The third kappa shape index (κ3) is 1.93. The first-order valence-corrected chi connectivity index (χ1v) is 5.68. The number of nitrogens with zero attached hydrogens (tertiary/aromatic N) is 2. The van der Waals surface area contributed by atoms with Crippen LogP contribution in [0.4, 0.5) is 0 Å². The SMILES string of the molecule is Cc1cc(Br)cc(C)c1-n1cc(C=O)cn1. The molecule has 0 unspecified atom stereocenters. The van der Waals surface area contributed by atoms with Crippen LogP contribution in [0.2, 0.25) is 0 Å². The Labute approximate surface area is 102 Å². The van der Waals surface area contributed by atoms with E-state index in [-0.39, 0.29) is 0 Å². The van der Waals surface area contributed by atoms with Crippen molar-refractivity contribution in [3.8, 4) is 5.69 Å². The standard InChI is InChI=1S/C12H11BrN2O/c1-8-3-11(13)4-9(2)12(8)15-6-10(7-16)5-14-15/h3-7H,1-2H3. The van der Waals surface area contributed by atoms with Crippen molar-refractivity contribution in [2.75, 3.05) is 0 Å². The van der Waals surface area contributed by atoms with Crippen LogP contribution in [0.1, 0.15) is 21.5 Å². The van der Waals surface area contributed by atoms with Gasteiger partial charge in [0.25, 0.3) is 0 Å². The number of hydrogen-bond acceptors (Lipinski definition) is 2. The summed E-state index contributed by atoms with van der Waals surface area (Å²) in [5.74, 6) is 0. The molecule has 0 saturated carbocycles. The molecule has 0 aliphatic rings. The van der Waals surface area contributed by atoms with E-state index in [9.17, 15) is 4.79 Å². The predicted octanol–water partition coefficient (Wildman–Crippen LogP) is 3.06. The number of benzene rings is 1. The lowest BCUT2D eigenvalue weighted by Crippen LogP contribution is -2.00. The summed E-state index contributed by atoms with van der Waals surface area (Å²) in [5.41, 5.74) is 3.85. The fourth-order valence-corrected chi connectivity index (χ4v) is 2.47. The van der Waals surface area contributed by atoms with Gasteiger partial charge >= 0.3 is 0 Å². The minimum absolute atomic E-state index is 0.585. The Kier molecular flexibility index (Phi) is 2.92.